The highest BCUT2D eigenvalue weighted by atomic mass is 35.5. The number of benzene rings is 2. The fourth-order valence-electron chi connectivity index (χ4n) is 3.65. The van der Waals surface area contributed by atoms with E-state index >= 15 is 0 Å². The number of nitro benzene ring substituents is 1. The Morgan fingerprint density at radius 1 is 1.15 bits per heavy atom. The number of carbonyl (C=O) groups excluding carboxylic acids is 2. The van der Waals surface area contributed by atoms with Gasteiger partial charge in [-0.05, 0) is 43.2 Å². The highest BCUT2D eigenvalue weighted by Crippen LogP contribution is 2.38. The molecule has 1 aliphatic carbocycles. The quantitative estimate of drug-likeness (QED) is 0.325. The van der Waals surface area contributed by atoms with Crippen LogP contribution < -0.4 is 14.8 Å². The van der Waals surface area contributed by atoms with Crippen molar-refractivity contribution in [1.29, 1.82) is 5.26 Å². The van der Waals surface area contributed by atoms with Crippen molar-refractivity contribution in [3.05, 3.63) is 57.1 Å². The van der Waals surface area contributed by atoms with Gasteiger partial charge in [-0.3, -0.25) is 14.9 Å². The minimum absolute atomic E-state index is 0.0613. The maximum Gasteiger partial charge on any atom is 0.338 e. The average molecular weight is 488 g/mol. The topological polar surface area (TPSA) is 141 Å². The Morgan fingerprint density at radius 3 is 2.50 bits per heavy atom. The van der Waals surface area contributed by atoms with Gasteiger partial charge in [-0.25, -0.2) is 4.79 Å². The number of nitrogens with one attached hydrogen (secondary N) is 1. The zero-order chi connectivity index (χ0) is 24.7. The lowest BCUT2D eigenvalue weighted by atomic mass is 9.83. The first kappa shape index (κ1) is 24.8. The van der Waals surface area contributed by atoms with Gasteiger partial charge in [0.1, 0.15) is 5.54 Å². The van der Waals surface area contributed by atoms with Crippen molar-refractivity contribution in [2.24, 2.45) is 0 Å². The van der Waals surface area contributed by atoms with Gasteiger partial charge in [0.2, 0.25) is 5.75 Å². The van der Waals surface area contributed by atoms with Crippen LogP contribution >= 0.6 is 11.6 Å². The highest BCUT2D eigenvalue weighted by Gasteiger charge is 2.33. The molecule has 0 spiro atoms. The van der Waals surface area contributed by atoms with Gasteiger partial charge in [-0.15, -0.1) is 0 Å². The summed E-state index contributed by atoms with van der Waals surface area (Å²) < 4.78 is 15.9. The Balaban J connectivity index is 1.67. The van der Waals surface area contributed by atoms with Crippen LogP contribution in [0.15, 0.2) is 36.4 Å². The molecule has 1 N–H and O–H groups in total. The van der Waals surface area contributed by atoms with Gasteiger partial charge in [-0.1, -0.05) is 30.9 Å². The molecule has 1 amide bonds. The van der Waals surface area contributed by atoms with Crippen molar-refractivity contribution in [3.8, 4) is 23.3 Å². The number of methoxy groups -OCH3 is 1. The molecule has 0 bridgehead atoms. The molecule has 0 heterocycles. The fourth-order valence-corrected chi connectivity index (χ4v) is 3.82. The lowest BCUT2D eigenvalue weighted by Gasteiger charge is -2.31. The third kappa shape index (κ3) is 5.94. The SMILES string of the molecule is COc1cc(C(=O)OCC(=O)NC2(C#N)CCCCC2)ccc1Oc1ccc(Cl)cc1[N+](=O)[O-]. The van der Waals surface area contributed by atoms with Crippen LogP contribution in [0.25, 0.3) is 0 Å². The second-order valence-electron chi connectivity index (χ2n) is 7.72. The molecule has 11 heteroatoms. The summed E-state index contributed by atoms with van der Waals surface area (Å²) in [6, 6.07) is 10.2. The van der Waals surface area contributed by atoms with Crippen molar-refractivity contribution in [2.75, 3.05) is 13.7 Å². The molecule has 0 saturated heterocycles. The fraction of sp³-hybridized carbons (Fsp3) is 0.348. The predicted octanol–water partition coefficient (Wildman–Crippen LogP) is 4.55. The van der Waals surface area contributed by atoms with Crippen LogP contribution in [-0.2, 0) is 9.53 Å². The van der Waals surface area contributed by atoms with E-state index in [1.807, 2.05) is 0 Å². The van der Waals surface area contributed by atoms with E-state index in [1.165, 1.54) is 37.4 Å². The van der Waals surface area contributed by atoms with Crippen LogP contribution in [0.5, 0.6) is 17.2 Å². The molecule has 3 rings (SSSR count). The molecule has 2 aromatic carbocycles. The van der Waals surface area contributed by atoms with Gasteiger partial charge >= 0.3 is 11.7 Å². The average Bonchev–Trinajstić information content (AvgIpc) is 2.84. The van der Waals surface area contributed by atoms with Gasteiger partial charge in [0.05, 0.1) is 23.7 Å². The first-order valence-electron chi connectivity index (χ1n) is 10.5. The van der Waals surface area contributed by atoms with E-state index in [1.54, 1.807) is 0 Å². The Bertz CT molecular complexity index is 1140. The van der Waals surface area contributed by atoms with E-state index in [0.717, 1.165) is 25.3 Å². The van der Waals surface area contributed by atoms with E-state index in [-0.39, 0.29) is 33.5 Å². The number of nitriles is 1. The van der Waals surface area contributed by atoms with Crippen LogP contribution in [-0.4, -0.2) is 36.1 Å². The van der Waals surface area contributed by atoms with E-state index in [2.05, 4.69) is 11.4 Å². The van der Waals surface area contributed by atoms with Crippen LogP contribution in [0.2, 0.25) is 5.02 Å². The zero-order valence-corrected chi connectivity index (χ0v) is 19.1. The van der Waals surface area contributed by atoms with Crippen LogP contribution in [0, 0.1) is 21.4 Å². The van der Waals surface area contributed by atoms with E-state index in [9.17, 15) is 25.0 Å². The summed E-state index contributed by atoms with van der Waals surface area (Å²) in [5.74, 6) is -1.16. The normalized spacial score (nSPS) is 14.4. The number of ether oxygens (including phenoxy) is 3. The van der Waals surface area contributed by atoms with Gasteiger partial charge in [-0.2, -0.15) is 5.26 Å². The number of nitrogens with zero attached hydrogens (tertiary/aromatic N) is 2. The minimum atomic E-state index is -0.922. The van der Waals surface area contributed by atoms with Crippen molar-refractivity contribution in [3.63, 3.8) is 0 Å². The van der Waals surface area contributed by atoms with E-state index in [4.69, 9.17) is 25.8 Å². The van der Waals surface area contributed by atoms with Crippen LogP contribution in [0.4, 0.5) is 5.69 Å². The molecular formula is C23H22ClN3O7. The number of rotatable bonds is 8. The summed E-state index contributed by atoms with van der Waals surface area (Å²) in [4.78, 5) is 35.3. The molecule has 0 atom stereocenters. The maximum absolute atomic E-state index is 12.4. The third-order valence-corrected chi connectivity index (χ3v) is 5.61. The van der Waals surface area contributed by atoms with Gasteiger partial charge in [0.25, 0.3) is 5.91 Å². The first-order chi connectivity index (χ1) is 16.3. The molecule has 0 aliphatic heterocycles. The third-order valence-electron chi connectivity index (χ3n) is 5.37. The number of hydrogen-bond acceptors (Lipinski definition) is 8. The summed E-state index contributed by atoms with van der Waals surface area (Å²) in [7, 11) is 1.34. The maximum atomic E-state index is 12.4. The second-order valence-corrected chi connectivity index (χ2v) is 8.15. The molecular weight excluding hydrogens is 466 g/mol. The largest absolute Gasteiger partial charge is 0.493 e. The molecule has 1 aliphatic rings. The summed E-state index contributed by atoms with van der Waals surface area (Å²) in [6.45, 7) is -0.542. The molecule has 2 aromatic rings. The van der Waals surface area contributed by atoms with Crippen LogP contribution in [0.3, 0.4) is 0 Å². The lowest BCUT2D eigenvalue weighted by Crippen LogP contribution is -2.50. The Labute approximate surface area is 200 Å². The molecule has 178 valence electrons. The number of nitro groups is 1. The molecule has 0 radical (unpaired) electrons. The van der Waals surface area contributed by atoms with Crippen molar-refractivity contribution in [1.82, 2.24) is 5.32 Å². The zero-order valence-electron chi connectivity index (χ0n) is 18.3. The first-order valence-corrected chi connectivity index (χ1v) is 10.8. The molecule has 0 aromatic heterocycles. The van der Waals surface area contributed by atoms with E-state index in [0.29, 0.717) is 12.8 Å². The number of carbonyl (C=O) groups is 2. The van der Waals surface area contributed by atoms with Crippen molar-refractivity contribution in [2.45, 2.75) is 37.6 Å². The van der Waals surface area contributed by atoms with E-state index < -0.39 is 28.9 Å². The standard InChI is InChI=1S/C23H22ClN3O7/c1-32-20-11-15(5-7-19(20)34-18-8-6-16(24)12-17(18)27(30)31)22(29)33-13-21(28)26-23(14-25)9-3-2-4-10-23/h5-8,11-12H,2-4,9-10,13H2,1H3,(H,26,28). The number of amides is 1. The highest BCUT2D eigenvalue weighted by molar-refractivity contribution is 6.30. The molecule has 1 fully saturated rings. The Morgan fingerprint density at radius 2 is 1.85 bits per heavy atom. The number of hydrogen-bond donors (Lipinski definition) is 1. The second kappa shape index (κ2) is 10.9. The van der Waals surface area contributed by atoms with Gasteiger partial charge in [0.15, 0.2) is 18.1 Å². The summed E-state index contributed by atoms with van der Waals surface area (Å²) in [5, 5.41) is 23.6. The predicted molar refractivity (Wildman–Crippen MR) is 121 cm³/mol. The number of halogens is 1. The van der Waals surface area contributed by atoms with Gasteiger partial charge < -0.3 is 19.5 Å². The molecule has 1 saturated carbocycles. The molecule has 0 unspecified atom stereocenters. The van der Waals surface area contributed by atoms with Crippen LogP contribution in [0.1, 0.15) is 42.5 Å². The van der Waals surface area contributed by atoms with Crippen molar-refractivity contribution < 1.29 is 28.7 Å². The minimum Gasteiger partial charge on any atom is -0.493 e. The number of esters is 1. The summed E-state index contributed by atoms with van der Waals surface area (Å²) in [6.07, 6.45) is 3.84. The lowest BCUT2D eigenvalue weighted by molar-refractivity contribution is -0.385. The summed E-state index contributed by atoms with van der Waals surface area (Å²) >= 11 is 5.82. The Kier molecular flexibility index (Phi) is 7.91. The molecule has 10 nitrogen and oxygen atoms in total. The van der Waals surface area contributed by atoms with Crippen molar-refractivity contribution >= 4 is 29.2 Å². The monoisotopic (exact) mass is 487 g/mol. The smallest absolute Gasteiger partial charge is 0.338 e. The Hall–Kier alpha value is -3.84. The molecule has 34 heavy (non-hydrogen) atoms. The summed E-state index contributed by atoms with van der Waals surface area (Å²) in [5.41, 5.74) is -1.18. The van der Waals surface area contributed by atoms with Gasteiger partial charge in [0, 0.05) is 11.1 Å².